The minimum absolute atomic E-state index is 0. The van der Waals surface area contributed by atoms with Crippen LogP contribution < -0.4 is 29.6 Å². The molecule has 40 heavy (non-hydrogen) atoms. The van der Waals surface area contributed by atoms with Gasteiger partial charge in [-0.25, -0.2) is 0 Å². The van der Waals surface area contributed by atoms with Crippen molar-refractivity contribution in [3.8, 4) is 0 Å². The van der Waals surface area contributed by atoms with Crippen molar-refractivity contribution in [2.24, 2.45) is 68.0 Å². The number of allylic oxidation sites excluding steroid dienone is 2. The molecule has 0 spiro atoms. The van der Waals surface area contributed by atoms with Gasteiger partial charge < -0.3 is 10.6 Å². The van der Waals surface area contributed by atoms with Crippen molar-refractivity contribution in [1.82, 2.24) is 0 Å². The molecule has 4 heteroatoms. The zero-order valence-electron chi connectivity index (χ0n) is 29.3. The third kappa shape index (κ3) is 5.68. The SMILES string of the molecule is CC1(C)CC2C(C)(Br)CC1C2(C)C.CC1(C)CC2C(C)(O)CC1C2(C)C.CC1=CC2C(C)(C)CC1C2(C)C.[Na+].[OH-]. The van der Waals surface area contributed by atoms with Gasteiger partial charge in [-0.05, 0) is 121 Å². The molecule has 2 nitrogen and oxygen atoms in total. The minimum atomic E-state index is -0.399. The van der Waals surface area contributed by atoms with Crippen LogP contribution in [0.25, 0.3) is 0 Å². The molecule has 2 N–H and O–H groups in total. The molecule has 0 aromatic rings. The van der Waals surface area contributed by atoms with Gasteiger partial charge >= 0.3 is 29.6 Å². The van der Waals surface area contributed by atoms with Crippen molar-refractivity contribution in [2.75, 3.05) is 0 Å². The fourth-order valence-corrected chi connectivity index (χ4v) is 13.3. The van der Waals surface area contributed by atoms with Gasteiger partial charge in [0, 0.05) is 4.32 Å². The third-order valence-electron chi connectivity index (χ3n) is 13.9. The molecule has 8 unspecified atom stereocenters. The van der Waals surface area contributed by atoms with E-state index in [1.807, 2.05) is 6.92 Å². The average molecular weight is 632 g/mol. The van der Waals surface area contributed by atoms with Crippen LogP contribution in [0.2, 0.25) is 0 Å². The van der Waals surface area contributed by atoms with Crippen molar-refractivity contribution < 1.29 is 40.1 Å². The molecular formula is C36H64BrNaO2. The fourth-order valence-electron chi connectivity index (χ4n) is 12.3. The number of rotatable bonds is 0. The van der Waals surface area contributed by atoms with E-state index in [0.29, 0.717) is 48.7 Å². The van der Waals surface area contributed by atoms with E-state index in [2.05, 4.69) is 119 Å². The summed E-state index contributed by atoms with van der Waals surface area (Å²) >= 11 is 3.93. The summed E-state index contributed by atoms with van der Waals surface area (Å²) in [4.78, 5) is 0. The predicted molar refractivity (Wildman–Crippen MR) is 170 cm³/mol. The van der Waals surface area contributed by atoms with Gasteiger partial charge in [0.25, 0.3) is 0 Å². The Bertz CT molecular complexity index is 883. The molecule has 5 saturated carbocycles. The molecule has 0 aromatic heterocycles. The molecule has 0 saturated heterocycles. The summed E-state index contributed by atoms with van der Waals surface area (Å²) in [5, 5.41) is 10.3. The number of halogens is 1. The van der Waals surface area contributed by atoms with Gasteiger partial charge in [0.1, 0.15) is 0 Å². The second-order valence-corrected chi connectivity index (χ2v) is 21.0. The monoisotopic (exact) mass is 630 g/mol. The van der Waals surface area contributed by atoms with Crippen LogP contribution in [-0.4, -0.2) is 20.5 Å². The Kier molecular flexibility index (Phi) is 9.90. The zero-order valence-corrected chi connectivity index (χ0v) is 32.9. The molecule has 0 amide bonds. The first-order valence-electron chi connectivity index (χ1n) is 15.8. The Morgan fingerprint density at radius 3 is 1.23 bits per heavy atom. The van der Waals surface area contributed by atoms with E-state index in [9.17, 15) is 5.11 Å². The molecule has 8 atom stereocenters. The Hall–Kier alpha value is 1.14. The van der Waals surface area contributed by atoms with E-state index < -0.39 is 5.60 Å². The Labute approximate surface area is 279 Å². The average Bonchev–Trinajstić information content (AvgIpc) is 3.31. The molecule has 0 radical (unpaired) electrons. The van der Waals surface area contributed by atoms with Crippen molar-refractivity contribution in [1.29, 1.82) is 0 Å². The quantitative estimate of drug-likeness (QED) is 0.171. The fraction of sp³-hybridized carbons (Fsp3) is 0.944. The first-order chi connectivity index (χ1) is 16.7. The van der Waals surface area contributed by atoms with Gasteiger partial charge in [-0.2, -0.15) is 0 Å². The zero-order chi connectivity index (χ0) is 29.3. The first-order valence-corrected chi connectivity index (χ1v) is 16.6. The molecular weight excluding hydrogens is 567 g/mol. The molecule has 6 bridgehead atoms. The molecule has 0 aliphatic heterocycles. The number of aliphatic hydroxyl groups is 1. The standard InChI is InChI=1S/C12H21Br.C12H22O.C12H20.Na.H2O/c2*1-10(2)6-9-11(3,4)8(10)7-12(9,5)13;1-8-6-10-11(2,3)7-9(8)12(10,4)5;;/h8-9H,6-7H2,1-5H3;8-9,13H,6-7H2,1-5H3;6,9-10H,7H2,1-5H3;;1H2/q;;;+1;/p-1. The van der Waals surface area contributed by atoms with E-state index in [0.717, 1.165) is 30.1 Å². The summed E-state index contributed by atoms with van der Waals surface area (Å²) in [6.07, 6.45) is 8.86. The van der Waals surface area contributed by atoms with Gasteiger partial charge in [-0.3, -0.25) is 0 Å². The van der Waals surface area contributed by atoms with Crippen LogP contribution in [0.4, 0.5) is 0 Å². The molecule has 6 aliphatic carbocycles. The largest absolute Gasteiger partial charge is 1.00 e. The smallest absolute Gasteiger partial charge is 0.870 e. The van der Waals surface area contributed by atoms with Crippen molar-refractivity contribution in [2.45, 2.75) is 146 Å². The van der Waals surface area contributed by atoms with Crippen molar-refractivity contribution >= 4 is 15.9 Å². The third-order valence-corrected chi connectivity index (χ3v) is 14.8. The van der Waals surface area contributed by atoms with Crippen LogP contribution in [0.1, 0.15) is 136 Å². The minimum Gasteiger partial charge on any atom is -0.870 e. The summed E-state index contributed by atoms with van der Waals surface area (Å²) in [5.74, 6) is 4.63. The van der Waals surface area contributed by atoms with Crippen molar-refractivity contribution in [3.05, 3.63) is 11.6 Å². The maximum atomic E-state index is 10.3. The van der Waals surface area contributed by atoms with Gasteiger partial charge in [-0.1, -0.05) is 111 Å². The van der Waals surface area contributed by atoms with Gasteiger partial charge in [-0.15, -0.1) is 0 Å². The van der Waals surface area contributed by atoms with E-state index in [-0.39, 0.29) is 35.0 Å². The molecule has 0 heterocycles. The van der Waals surface area contributed by atoms with Crippen molar-refractivity contribution in [3.63, 3.8) is 0 Å². The van der Waals surface area contributed by atoms with Crippen LogP contribution in [0, 0.1) is 68.0 Å². The summed E-state index contributed by atoms with van der Waals surface area (Å²) in [7, 11) is 0. The molecule has 5 fully saturated rings. The van der Waals surface area contributed by atoms with Crippen LogP contribution in [0.15, 0.2) is 11.6 Å². The van der Waals surface area contributed by atoms with Gasteiger partial charge in [0.15, 0.2) is 0 Å². The van der Waals surface area contributed by atoms with Gasteiger partial charge in [0.2, 0.25) is 0 Å². The number of alkyl halides is 1. The Morgan fingerprint density at radius 2 is 1.02 bits per heavy atom. The number of fused-ring (bicyclic) bond motifs is 6. The van der Waals surface area contributed by atoms with E-state index in [1.54, 1.807) is 5.57 Å². The summed E-state index contributed by atoms with van der Waals surface area (Å²) < 4.78 is 0.413. The van der Waals surface area contributed by atoms with Crippen LogP contribution in [0.5, 0.6) is 0 Å². The summed E-state index contributed by atoms with van der Waals surface area (Å²) in [6.45, 7) is 35.6. The predicted octanol–water partition coefficient (Wildman–Crippen LogP) is 7.52. The summed E-state index contributed by atoms with van der Waals surface area (Å²) in [5.41, 5.74) is 4.22. The van der Waals surface area contributed by atoms with Crippen LogP contribution in [-0.2, 0) is 0 Å². The van der Waals surface area contributed by atoms with Crippen LogP contribution in [0.3, 0.4) is 0 Å². The maximum absolute atomic E-state index is 10.3. The normalized spacial score (nSPS) is 45.8. The van der Waals surface area contributed by atoms with E-state index in [4.69, 9.17) is 0 Å². The van der Waals surface area contributed by atoms with E-state index in [1.165, 1.54) is 25.7 Å². The van der Waals surface area contributed by atoms with Gasteiger partial charge in [0.05, 0.1) is 5.60 Å². The maximum Gasteiger partial charge on any atom is 1.00 e. The summed E-state index contributed by atoms with van der Waals surface area (Å²) in [6, 6.07) is 0. The number of hydrogen-bond donors (Lipinski definition) is 1. The van der Waals surface area contributed by atoms with Crippen LogP contribution >= 0.6 is 15.9 Å². The first kappa shape index (κ1) is 37.3. The molecule has 228 valence electrons. The Balaban J connectivity index is 0.000000205. The molecule has 6 rings (SSSR count). The molecule has 0 aromatic carbocycles. The molecule has 6 aliphatic rings. The topological polar surface area (TPSA) is 50.2 Å². The van der Waals surface area contributed by atoms with E-state index >= 15 is 0 Å². The second kappa shape index (κ2) is 10.6. The number of hydrogen-bond acceptors (Lipinski definition) is 2. The Morgan fingerprint density at radius 1 is 0.600 bits per heavy atom. The second-order valence-electron chi connectivity index (χ2n) is 19.2.